The number of rotatable bonds is 3. The molecule has 2 rings (SSSR count). The molecule has 0 N–H and O–H groups in total. The zero-order valence-electron chi connectivity index (χ0n) is 9.41. The first-order valence-corrected chi connectivity index (χ1v) is 6.08. The molecule has 0 aliphatic rings. The fourth-order valence-electron chi connectivity index (χ4n) is 1.51. The molecule has 0 unspecified atom stereocenters. The Bertz CT molecular complexity index is 525. The van der Waals surface area contributed by atoms with Crippen LogP contribution in [-0.2, 0) is 6.61 Å². The molecule has 0 saturated carbocycles. The molecular weight excluding hydrogens is 283 g/mol. The first-order chi connectivity index (χ1) is 8.15. The van der Waals surface area contributed by atoms with Crippen molar-refractivity contribution in [2.45, 2.75) is 13.5 Å². The summed E-state index contributed by atoms with van der Waals surface area (Å²) in [5.74, 6) is 0.534. The van der Waals surface area contributed by atoms with E-state index in [0.717, 1.165) is 21.3 Å². The fourth-order valence-corrected chi connectivity index (χ4v) is 1.89. The number of benzene rings is 2. The molecule has 88 valence electrons. The molecular formula is C14H12BrFO. The van der Waals surface area contributed by atoms with E-state index in [2.05, 4.69) is 15.9 Å². The summed E-state index contributed by atoms with van der Waals surface area (Å²) in [6.45, 7) is 2.32. The van der Waals surface area contributed by atoms with Crippen LogP contribution in [0.25, 0.3) is 0 Å². The van der Waals surface area contributed by atoms with E-state index in [1.807, 2.05) is 31.2 Å². The van der Waals surface area contributed by atoms with Crippen LogP contribution in [0.2, 0.25) is 0 Å². The quantitative estimate of drug-likeness (QED) is 0.811. The van der Waals surface area contributed by atoms with Crippen LogP contribution in [-0.4, -0.2) is 0 Å². The third kappa shape index (κ3) is 3.30. The van der Waals surface area contributed by atoms with Crippen LogP contribution in [0.3, 0.4) is 0 Å². The summed E-state index contributed by atoms with van der Waals surface area (Å²) in [5.41, 5.74) is 1.89. The van der Waals surface area contributed by atoms with Gasteiger partial charge in [-0.25, -0.2) is 4.39 Å². The summed E-state index contributed by atoms with van der Waals surface area (Å²) in [4.78, 5) is 0. The number of ether oxygens (including phenoxy) is 1. The summed E-state index contributed by atoms with van der Waals surface area (Å²) in [6.07, 6.45) is 0. The van der Waals surface area contributed by atoms with Gasteiger partial charge >= 0.3 is 0 Å². The Balaban J connectivity index is 2.09. The molecule has 0 atom stereocenters. The van der Waals surface area contributed by atoms with Crippen LogP contribution in [0.4, 0.5) is 4.39 Å². The van der Waals surface area contributed by atoms with Gasteiger partial charge in [0.05, 0.1) is 0 Å². The Morgan fingerprint density at radius 2 is 2.00 bits per heavy atom. The summed E-state index contributed by atoms with van der Waals surface area (Å²) < 4.78 is 19.6. The van der Waals surface area contributed by atoms with Crippen LogP contribution in [0.5, 0.6) is 5.75 Å². The van der Waals surface area contributed by atoms with Crippen molar-refractivity contribution in [1.82, 2.24) is 0 Å². The van der Waals surface area contributed by atoms with Gasteiger partial charge in [-0.05, 0) is 48.4 Å². The van der Waals surface area contributed by atoms with Crippen LogP contribution < -0.4 is 4.74 Å². The van der Waals surface area contributed by atoms with Crippen molar-refractivity contribution in [2.24, 2.45) is 0 Å². The van der Waals surface area contributed by atoms with E-state index in [-0.39, 0.29) is 5.82 Å². The Kier molecular flexibility index (Phi) is 3.79. The average Bonchev–Trinajstić information content (AvgIpc) is 2.30. The molecule has 0 aliphatic carbocycles. The highest BCUT2D eigenvalue weighted by molar-refractivity contribution is 9.10. The SMILES string of the molecule is Cc1ccc(F)cc1COc1cccc(Br)c1. The predicted octanol–water partition coefficient (Wildman–Crippen LogP) is 4.48. The summed E-state index contributed by atoms with van der Waals surface area (Å²) in [7, 11) is 0. The number of halogens is 2. The maximum atomic E-state index is 13.1. The lowest BCUT2D eigenvalue weighted by molar-refractivity contribution is 0.304. The standard InChI is InChI=1S/C14H12BrFO/c1-10-5-6-13(16)7-11(10)9-17-14-4-2-3-12(15)8-14/h2-8H,9H2,1H3. The summed E-state index contributed by atoms with van der Waals surface area (Å²) in [5, 5.41) is 0. The van der Waals surface area contributed by atoms with Gasteiger partial charge in [0.15, 0.2) is 0 Å². The molecule has 0 aliphatic heterocycles. The second kappa shape index (κ2) is 5.32. The minimum atomic E-state index is -0.233. The largest absolute Gasteiger partial charge is 0.489 e. The molecule has 0 amide bonds. The van der Waals surface area contributed by atoms with E-state index in [0.29, 0.717) is 6.61 Å². The highest BCUT2D eigenvalue weighted by Gasteiger charge is 2.02. The minimum Gasteiger partial charge on any atom is -0.489 e. The van der Waals surface area contributed by atoms with E-state index in [1.54, 1.807) is 6.07 Å². The van der Waals surface area contributed by atoms with E-state index in [4.69, 9.17) is 4.74 Å². The van der Waals surface area contributed by atoms with E-state index in [9.17, 15) is 4.39 Å². The Morgan fingerprint density at radius 1 is 1.18 bits per heavy atom. The molecule has 0 aromatic heterocycles. The van der Waals surface area contributed by atoms with Crippen LogP contribution in [0.15, 0.2) is 46.9 Å². The van der Waals surface area contributed by atoms with Gasteiger partial charge in [-0.3, -0.25) is 0 Å². The second-order valence-electron chi connectivity index (χ2n) is 3.82. The van der Waals surface area contributed by atoms with Gasteiger partial charge in [0.1, 0.15) is 18.2 Å². The van der Waals surface area contributed by atoms with Gasteiger partial charge in [-0.15, -0.1) is 0 Å². The molecule has 3 heteroatoms. The van der Waals surface area contributed by atoms with Crippen molar-refractivity contribution in [3.8, 4) is 5.75 Å². The lowest BCUT2D eigenvalue weighted by Crippen LogP contribution is -1.98. The molecule has 0 radical (unpaired) electrons. The zero-order valence-corrected chi connectivity index (χ0v) is 11.0. The third-order valence-corrected chi connectivity index (χ3v) is 2.99. The average molecular weight is 295 g/mol. The molecule has 0 saturated heterocycles. The molecule has 0 fully saturated rings. The van der Waals surface area contributed by atoms with Gasteiger partial charge < -0.3 is 4.74 Å². The number of hydrogen-bond acceptors (Lipinski definition) is 1. The van der Waals surface area contributed by atoms with E-state index in [1.165, 1.54) is 12.1 Å². The predicted molar refractivity (Wildman–Crippen MR) is 69.6 cm³/mol. The molecule has 0 bridgehead atoms. The zero-order chi connectivity index (χ0) is 12.3. The maximum absolute atomic E-state index is 13.1. The smallest absolute Gasteiger partial charge is 0.123 e. The van der Waals surface area contributed by atoms with E-state index >= 15 is 0 Å². The van der Waals surface area contributed by atoms with Crippen molar-refractivity contribution < 1.29 is 9.13 Å². The van der Waals surface area contributed by atoms with Crippen LogP contribution >= 0.6 is 15.9 Å². The summed E-state index contributed by atoms with van der Waals surface area (Å²) in [6, 6.07) is 12.3. The lowest BCUT2D eigenvalue weighted by atomic mass is 10.1. The number of hydrogen-bond donors (Lipinski definition) is 0. The highest BCUT2D eigenvalue weighted by atomic mass is 79.9. The Morgan fingerprint density at radius 3 is 2.76 bits per heavy atom. The lowest BCUT2D eigenvalue weighted by Gasteiger charge is -2.09. The van der Waals surface area contributed by atoms with Crippen LogP contribution in [0.1, 0.15) is 11.1 Å². The fraction of sp³-hybridized carbons (Fsp3) is 0.143. The minimum absolute atomic E-state index is 0.233. The van der Waals surface area contributed by atoms with Gasteiger partial charge in [0.2, 0.25) is 0 Å². The highest BCUT2D eigenvalue weighted by Crippen LogP contribution is 2.20. The monoisotopic (exact) mass is 294 g/mol. The molecule has 17 heavy (non-hydrogen) atoms. The van der Waals surface area contributed by atoms with Gasteiger partial charge in [0.25, 0.3) is 0 Å². The van der Waals surface area contributed by atoms with E-state index < -0.39 is 0 Å². The molecule has 0 spiro atoms. The van der Waals surface area contributed by atoms with Crippen molar-refractivity contribution in [1.29, 1.82) is 0 Å². The molecule has 2 aromatic rings. The van der Waals surface area contributed by atoms with Crippen molar-refractivity contribution >= 4 is 15.9 Å². The Hall–Kier alpha value is -1.35. The molecule has 1 nitrogen and oxygen atoms in total. The van der Waals surface area contributed by atoms with Crippen molar-refractivity contribution in [3.63, 3.8) is 0 Å². The van der Waals surface area contributed by atoms with Crippen LogP contribution in [0, 0.1) is 12.7 Å². The third-order valence-electron chi connectivity index (χ3n) is 2.50. The topological polar surface area (TPSA) is 9.23 Å². The first-order valence-electron chi connectivity index (χ1n) is 5.28. The summed E-state index contributed by atoms with van der Waals surface area (Å²) >= 11 is 3.37. The maximum Gasteiger partial charge on any atom is 0.123 e. The van der Waals surface area contributed by atoms with Gasteiger partial charge in [-0.1, -0.05) is 28.1 Å². The molecule has 2 aromatic carbocycles. The normalized spacial score (nSPS) is 10.3. The molecule has 0 heterocycles. The van der Waals surface area contributed by atoms with Crippen molar-refractivity contribution in [3.05, 3.63) is 63.9 Å². The second-order valence-corrected chi connectivity index (χ2v) is 4.73. The first kappa shape index (κ1) is 12.1. The van der Waals surface area contributed by atoms with Gasteiger partial charge in [-0.2, -0.15) is 0 Å². The van der Waals surface area contributed by atoms with Crippen molar-refractivity contribution in [2.75, 3.05) is 0 Å². The van der Waals surface area contributed by atoms with Gasteiger partial charge in [0, 0.05) is 4.47 Å². The Labute approximate surface area is 108 Å². The number of aryl methyl sites for hydroxylation is 1.